The van der Waals surface area contributed by atoms with E-state index in [1.54, 1.807) is 12.1 Å². The zero-order chi connectivity index (χ0) is 14.2. The van der Waals surface area contributed by atoms with Gasteiger partial charge in [-0.2, -0.15) is 0 Å². The van der Waals surface area contributed by atoms with Gasteiger partial charge < -0.3 is 20.2 Å². The van der Waals surface area contributed by atoms with E-state index in [9.17, 15) is 10.2 Å². The van der Waals surface area contributed by atoms with Crippen LogP contribution in [0.3, 0.4) is 0 Å². The average Bonchev–Trinajstić information content (AvgIpc) is 3.10. The molecule has 0 atom stereocenters. The Labute approximate surface area is 116 Å². The van der Waals surface area contributed by atoms with Gasteiger partial charge in [0.05, 0.1) is 5.41 Å². The number of phenolic OH excluding ortho intramolecular Hbond substituents is 2. The molecule has 2 aromatic heterocycles. The van der Waals surface area contributed by atoms with Gasteiger partial charge in [-0.05, 0) is 48.9 Å². The van der Waals surface area contributed by atoms with Crippen molar-refractivity contribution in [3.63, 3.8) is 0 Å². The number of nitrogens with one attached hydrogen (secondary N) is 2. The van der Waals surface area contributed by atoms with E-state index in [1.165, 1.54) is 6.07 Å². The molecule has 20 heavy (non-hydrogen) atoms. The minimum atomic E-state index is -0.511. The Morgan fingerprint density at radius 2 is 1.35 bits per heavy atom. The maximum Gasteiger partial charge on any atom is 0.119 e. The van der Waals surface area contributed by atoms with E-state index in [1.807, 2.05) is 43.6 Å². The van der Waals surface area contributed by atoms with Gasteiger partial charge in [-0.15, -0.1) is 0 Å². The molecule has 0 aliphatic carbocycles. The summed E-state index contributed by atoms with van der Waals surface area (Å²) in [6.07, 6.45) is 3.72. The summed E-state index contributed by atoms with van der Waals surface area (Å²) in [6.45, 7) is 2.04. The standard InChI is InChI=1S/C16H16N2O2/c1-16(14-4-2-6-17-14,15-5-3-7-18-15)11-8-12(19)10-13(20)9-11/h2-10,17-20H,1H3. The molecule has 0 bridgehead atoms. The van der Waals surface area contributed by atoms with Crippen LogP contribution in [0.2, 0.25) is 0 Å². The van der Waals surface area contributed by atoms with Crippen molar-refractivity contribution in [1.29, 1.82) is 0 Å². The van der Waals surface area contributed by atoms with Crippen molar-refractivity contribution in [2.24, 2.45) is 0 Å². The molecule has 4 nitrogen and oxygen atoms in total. The van der Waals surface area contributed by atoms with E-state index in [0.717, 1.165) is 17.0 Å². The molecular formula is C16H16N2O2. The predicted octanol–water partition coefficient (Wildman–Crippen LogP) is 3.11. The van der Waals surface area contributed by atoms with E-state index >= 15 is 0 Å². The zero-order valence-corrected chi connectivity index (χ0v) is 11.1. The minimum absolute atomic E-state index is 0.0457. The molecule has 0 unspecified atom stereocenters. The summed E-state index contributed by atoms with van der Waals surface area (Å²) in [5.74, 6) is 0.0914. The first kappa shape index (κ1) is 12.4. The van der Waals surface area contributed by atoms with Crippen molar-refractivity contribution < 1.29 is 10.2 Å². The first-order valence-electron chi connectivity index (χ1n) is 6.42. The quantitative estimate of drug-likeness (QED) is 0.589. The fourth-order valence-electron chi connectivity index (χ4n) is 2.62. The lowest BCUT2D eigenvalue weighted by atomic mass is 9.76. The van der Waals surface area contributed by atoms with Crippen LogP contribution in [-0.4, -0.2) is 20.2 Å². The second-order valence-corrected chi connectivity index (χ2v) is 5.03. The summed E-state index contributed by atoms with van der Waals surface area (Å²) >= 11 is 0. The number of rotatable bonds is 3. The highest BCUT2D eigenvalue weighted by molar-refractivity contribution is 5.49. The fraction of sp³-hybridized carbons (Fsp3) is 0.125. The molecule has 0 aliphatic rings. The molecule has 0 radical (unpaired) electrons. The van der Waals surface area contributed by atoms with E-state index < -0.39 is 5.41 Å². The zero-order valence-electron chi connectivity index (χ0n) is 11.1. The topological polar surface area (TPSA) is 72.0 Å². The van der Waals surface area contributed by atoms with Gasteiger partial charge in [0.2, 0.25) is 0 Å². The van der Waals surface area contributed by atoms with Crippen LogP contribution >= 0.6 is 0 Å². The summed E-state index contributed by atoms with van der Waals surface area (Å²) in [6, 6.07) is 12.5. The highest BCUT2D eigenvalue weighted by atomic mass is 16.3. The number of aromatic amines is 2. The lowest BCUT2D eigenvalue weighted by molar-refractivity contribution is 0.446. The Morgan fingerprint density at radius 3 is 1.75 bits per heavy atom. The van der Waals surface area contributed by atoms with E-state index in [2.05, 4.69) is 9.97 Å². The molecule has 4 N–H and O–H groups in total. The number of hydrogen-bond donors (Lipinski definition) is 4. The van der Waals surface area contributed by atoms with E-state index in [4.69, 9.17) is 0 Å². The molecule has 1 aromatic carbocycles. The van der Waals surface area contributed by atoms with Crippen molar-refractivity contribution in [2.45, 2.75) is 12.3 Å². The van der Waals surface area contributed by atoms with Crippen LogP contribution in [0, 0.1) is 0 Å². The number of hydrogen-bond acceptors (Lipinski definition) is 2. The largest absolute Gasteiger partial charge is 0.508 e. The Bertz CT molecular complexity index is 646. The van der Waals surface area contributed by atoms with Crippen LogP contribution < -0.4 is 0 Å². The van der Waals surface area contributed by atoms with Gasteiger partial charge in [-0.1, -0.05) is 0 Å². The normalized spacial score (nSPS) is 11.7. The number of phenols is 2. The van der Waals surface area contributed by atoms with Gasteiger partial charge in [0.25, 0.3) is 0 Å². The summed E-state index contributed by atoms with van der Waals surface area (Å²) in [7, 11) is 0. The first-order chi connectivity index (χ1) is 9.60. The van der Waals surface area contributed by atoms with Gasteiger partial charge >= 0.3 is 0 Å². The average molecular weight is 268 g/mol. The summed E-state index contributed by atoms with van der Waals surface area (Å²) < 4.78 is 0. The molecule has 0 spiro atoms. The van der Waals surface area contributed by atoms with Crippen molar-refractivity contribution >= 4 is 0 Å². The number of benzene rings is 1. The third kappa shape index (κ3) is 1.86. The molecule has 0 aliphatic heterocycles. The number of aromatic hydroxyl groups is 2. The van der Waals surface area contributed by atoms with Crippen molar-refractivity contribution in [3.8, 4) is 11.5 Å². The second-order valence-electron chi connectivity index (χ2n) is 5.03. The highest BCUT2D eigenvalue weighted by Gasteiger charge is 2.33. The van der Waals surface area contributed by atoms with Gasteiger partial charge in [-0.25, -0.2) is 0 Å². The van der Waals surface area contributed by atoms with Gasteiger partial charge in [0.15, 0.2) is 0 Å². The molecular weight excluding hydrogens is 252 g/mol. The van der Waals surface area contributed by atoms with Crippen molar-refractivity contribution in [2.75, 3.05) is 0 Å². The molecule has 102 valence electrons. The SMILES string of the molecule is CC(c1cc(O)cc(O)c1)(c1ccc[nH]1)c1ccc[nH]1. The molecule has 4 heteroatoms. The van der Waals surface area contributed by atoms with Crippen LogP contribution in [0.4, 0.5) is 0 Å². The Morgan fingerprint density at radius 1 is 0.850 bits per heavy atom. The first-order valence-corrected chi connectivity index (χ1v) is 6.42. The van der Waals surface area contributed by atoms with Crippen LogP contribution in [0.25, 0.3) is 0 Å². The third-order valence-corrected chi connectivity index (χ3v) is 3.75. The summed E-state index contributed by atoms with van der Waals surface area (Å²) in [5, 5.41) is 19.5. The Kier molecular flexibility index (Phi) is 2.79. The number of H-pyrrole nitrogens is 2. The fourth-order valence-corrected chi connectivity index (χ4v) is 2.62. The Hall–Kier alpha value is -2.62. The van der Waals surface area contributed by atoms with Gasteiger partial charge in [0, 0.05) is 29.8 Å². The lowest BCUT2D eigenvalue weighted by Crippen LogP contribution is -2.26. The van der Waals surface area contributed by atoms with Crippen LogP contribution in [0.15, 0.2) is 54.9 Å². The lowest BCUT2D eigenvalue weighted by Gasteiger charge is -2.29. The van der Waals surface area contributed by atoms with Gasteiger partial charge in [-0.3, -0.25) is 0 Å². The van der Waals surface area contributed by atoms with E-state index in [0.29, 0.717) is 0 Å². The van der Waals surface area contributed by atoms with Crippen LogP contribution in [0.5, 0.6) is 11.5 Å². The third-order valence-electron chi connectivity index (χ3n) is 3.75. The minimum Gasteiger partial charge on any atom is -0.508 e. The molecule has 3 rings (SSSR count). The molecule has 2 heterocycles. The Balaban J connectivity index is 2.26. The van der Waals surface area contributed by atoms with Crippen molar-refractivity contribution in [3.05, 3.63) is 71.8 Å². The number of aromatic nitrogens is 2. The molecule has 0 saturated carbocycles. The monoisotopic (exact) mass is 268 g/mol. The molecule has 3 aromatic rings. The van der Waals surface area contributed by atoms with Crippen molar-refractivity contribution in [1.82, 2.24) is 9.97 Å². The molecule has 0 amide bonds. The maximum absolute atomic E-state index is 9.77. The van der Waals surface area contributed by atoms with E-state index in [-0.39, 0.29) is 11.5 Å². The smallest absolute Gasteiger partial charge is 0.119 e. The van der Waals surface area contributed by atoms with Crippen LogP contribution in [0.1, 0.15) is 23.9 Å². The maximum atomic E-state index is 9.77. The molecule has 0 saturated heterocycles. The summed E-state index contributed by atoms with van der Waals surface area (Å²) in [4.78, 5) is 6.44. The molecule has 0 fully saturated rings. The van der Waals surface area contributed by atoms with Gasteiger partial charge in [0.1, 0.15) is 11.5 Å². The van der Waals surface area contributed by atoms with Crippen LogP contribution in [-0.2, 0) is 5.41 Å². The second kappa shape index (κ2) is 4.49. The summed E-state index contributed by atoms with van der Waals surface area (Å²) in [5.41, 5.74) is 2.25. The highest BCUT2D eigenvalue weighted by Crippen LogP contribution is 2.39. The predicted molar refractivity (Wildman–Crippen MR) is 76.9 cm³/mol.